The summed E-state index contributed by atoms with van der Waals surface area (Å²) in [4.78, 5) is 14.0. The lowest BCUT2D eigenvalue weighted by molar-refractivity contribution is 0.132. The number of benzene rings is 1. The molecule has 0 amide bonds. The van der Waals surface area contributed by atoms with Crippen molar-refractivity contribution < 1.29 is 4.84 Å². The number of rotatable bonds is 5. The molecule has 1 aliphatic heterocycles. The molecule has 6 heteroatoms. The number of hydrogen-bond acceptors (Lipinski definition) is 6. The van der Waals surface area contributed by atoms with Gasteiger partial charge in [0.1, 0.15) is 6.61 Å². The van der Waals surface area contributed by atoms with Gasteiger partial charge in [0, 0.05) is 23.7 Å². The molecule has 2 heterocycles. The van der Waals surface area contributed by atoms with Gasteiger partial charge in [0.15, 0.2) is 5.17 Å². The molecule has 0 fully saturated rings. The molecule has 1 unspecified atom stereocenters. The topological polar surface area (TPSA) is 72.9 Å². The maximum Gasteiger partial charge on any atom is 0.154 e. The Kier molecular flexibility index (Phi) is 5.15. The zero-order valence-electron chi connectivity index (χ0n) is 13.6. The molecule has 0 spiro atoms. The van der Waals surface area contributed by atoms with Crippen molar-refractivity contribution in [3.05, 3.63) is 65.5 Å². The highest BCUT2D eigenvalue weighted by Crippen LogP contribution is 2.35. The van der Waals surface area contributed by atoms with E-state index >= 15 is 0 Å². The van der Waals surface area contributed by atoms with E-state index in [0.29, 0.717) is 11.8 Å². The fraction of sp³-hybridized carbons (Fsp3) is 0.278. The lowest BCUT2D eigenvalue weighted by Crippen LogP contribution is -2.28. The molecule has 1 aromatic heterocycles. The second-order valence-electron chi connectivity index (χ2n) is 5.82. The molecule has 1 aromatic carbocycles. The van der Waals surface area contributed by atoms with Gasteiger partial charge >= 0.3 is 0 Å². The highest BCUT2D eigenvalue weighted by Gasteiger charge is 2.29. The van der Waals surface area contributed by atoms with Crippen molar-refractivity contribution in [1.82, 2.24) is 4.98 Å². The smallest absolute Gasteiger partial charge is 0.154 e. The predicted octanol–water partition coefficient (Wildman–Crippen LogP) is 3.30. The molecule has 0 saturated carbocycles. The molecule has 1 atom stereocenters. The summed E-state index contributed by atoms with van der Waals surface area (Å²) in [5.74, 6) is 0.984. The van der Waals surface area contributed by atoms with Gasteiger partial charge in [-0.05, 0) is 36.6 Å². The minimum absolute atomic E-state index is 0.268. The van der Waals surface area contributed by atoms with E-state index in [1.807, 2.05) is 24.3 Å². The fourth-order valence-electron chi connectivity index (χ4n) is 2.54. The molecule has 3 rings (SSSR count). The van der Waals surface area contributed by atoms with E-state index in [0.717, 1.165) is 28.9 Å². The van der Waals surface area contributed by atoms with Gasteiger partial charge in [0.05, 0.1) is 11.8 Å². The number of hydrogen-bond donors (Lipinski definition) is 1. The summed E-state index contributed by atoms with van der Waals surface area (Å²) in [7, 11) is 0. The normalized spacial score (nSPS) is 20.8. The van der Waals surface area contributed by atoms with Crippen molar-refractivity contribution in [2.75, 3.05) is 5.75 Å². The number of aromatic nitrogens is 1. The number of pyridine rings is 1. The summed E-state index contributed by atoms with van der Waals surface area (Å²) in [5, 5.41) is 4.70. The van der Waals surface area contributed by atoms with Crippen molar-refractivity contribution in [2.45, 2.75) is 25.5 Å². The van der Waals surface area contributed by atoms with Crippen LogP contribution in [0.2, 0.25) is 0 Å². The summed E-state index contributed by atoms with van der Waals surface area (Å²) in [6.07, 6.45) is 6.18. The molecule has 5 nitrogen and oxygen atoms in total. The van der Waals surface area contributed by atoms with E-state index in [-0.39, 0.29) is 5.54 Å². The van der Waals surface area contributed by atoms with Gasteiger partial charge in [0.2, 0.25) is 0 Å². The maximum atomic E-state index is 5.90. The van der Waals surface area contributed by atoms with Crippen LogP contribution in [-0.2, 0) is 17.0 Å². The van der Waals surface area contributed by atoms with E-state index in [9.17, 15) is 0 Å². The van der Waals surface area contributed by atoms with Gasteiger partial charge in [-0.3, -0.25) is 9.98 Å². The van der Waals surface area contributed by atoms with E-state index in [4.69, 9.17) is 10.6 Å². The van der Waals surface area contributed by atoms with Crippen LogP contribution in [0.3, 0.4) is 0 Å². The van der Waals surface area contributed by atoms with Crippen molar-refractivity contribution in [2.24, 2.45) is 15.9 Å². The highest BCUT2D eigenvalue weighted by molar-refractivity contribution is 8.13. The number of aliphatic imine (C=N–C) groups is 1. The largest absolute Gasteiger partial charge is 0.391 e. The van der Waals surface area contributed by atoms with E-state index in [1.165, 1.54) is 0 Å². The number of nitrogens with zero attached hydrogens (tertiary/aromatic N) is 3. The Morgan fingerprint density at radius 3 is 3.08 bits per heavy atom. The minimum atomic E-state index is -0.268. The molecule has 0 saturated heterocycles. The zero-order chi connectivity index (χ0) is 16.8. The van der Waals surface area contributed by atoms with Crippen molar-refractivity contribution >= 4 is 23.1 Å². The second kappa shape index (κ2) is 7.49. The molecule has 1 aliphatic rings. The van der Waals surface area contributed by atoms with Gasteiger partial charge < -0.3 is 10.6 Å². The molecule has 2 N–H and O–H groups in total. The monoisotopic (exact) mass is 340 g/mol. The Morgan fingerprint density at radius 1 is 1.38 bits per heavy atom. The van der Waals surface area contributed by atoms with Crippen molar-refractivity contribution in [3.63, 3.8) is 0 Å². The number of amidine groups is 1. The van der Waals surface area contributed by atoms with Crippen LogP contribution in [0.4, 0.5) is 0 Å². The van der Waals surface area contributed by atoms with Crippen LogP contribution >= 0.6 is 11.8 Å². The lowest BCUT2D eigenvalue weighted by atomic mass is 9.89. The second-order valence-corrected chi connectivity index (χ2v) is 6.93. The molecular weight excluding hydrogens is 320 g/mol. The van der Waals surface area contributed by atoms with Crippen LogP contribution in [-0.4, -0.2) is 22.1 Å². The lowest BCUT2D eigenvalue weighted by Gasteiger charge is -2.29. The molecule has 0 bridgehead atoms. The summed E-state index contributed by atoms with van der Waals surface area (Å²) >= 11 is 1.61. The number of oxime groups is 1. The number of thioether (sulfide) groups is 1. The van der Waals surface area contributed by atoms with Crippen LogP contribution in [0, 0.1) is 0 Å². The fourth-order valence-corrected chi connectivity index (χ4v) is 3.52. The zero-order valence-corrected chi connectivity index (χ0v) is 14.4. The van der Waals surface area contributed by atoms with Gasteiger partial charge in [-0.25, -0.2) is 0 Å². The first-order valence-electron chi connectivity index (χ1n) is 7.79. The third kappa shape index (κ3) is 4.14. The molecule has 24 heavy (non-hydrogen) atoms. The Morgan fingerprint density at radius 2 is 2.29 bits per heavy atom. The maximum absolute atomic E-state index is 5.90. The average molecular weight is 340 g/mol. The molecule has 0 radical (unpaired) electrons. The minimum Gasteiger partial charge on any atom is -0.391 e. The van der Waals surface area contributed by atoms with Gasteiger partial charge in [-0.1, -0.05) is 41.2 Å². The molecule has 2 aromatic rings. The van der Waals surface area contributed by atoms with Crippen LogP contribution in [0.15, 0.2) is 58.9 Å². The molecule has 124 valence electrons. The number of nitrogens with two attached hydrogens (primary N) is 1. The Labute approximate surface area is 146 Å². The van der Waals surface area contributed by atoms with Crippen LogP contribution in [0.25, 0.3) is 0 Å². The van der Waals surface area contributed by atoms with E-state index in [1.54, 1.807) is 30.4 Å². The SMILES string of the molecule is CC1(c2cccc(/C=N/OCc3cccnc3)c2)CCSC(N)=N1. The third-order valence-corrected chi connectivity index (χ3v) is 4.73. The van der Waals surface area contributed by atoms with Crippen molar-refractivity contribution in [1.29, 1.82) is 0 Å². The molecular formula is C18H20N4OS. The Hall–Kier alpha value is -2.34. The summed E-state index contributed by atoms with van der Waals surface area (Å²) < 4.78 is 0. The van der Waals surface area contributed by atoms with Crippen LogP contribution < -0.4 is 5.73 Å². The first kappa shape index (κ1) is 16.5. The quantitative estimate of drug-likeness (QED) is 0.669. The average Bonchev–Trinajstić information content (AvgIpc) is 2.60. The highest BCUT2D eigenvalue weighted by atomic mass is 32.2. The Balaban J connectivity index is 1.67. The van der Waals surface area contributed by atoms with Gasteiger partial charge in [-0.2, -0.15) is 0 Å². The summed E-state index contributed by atoms with van der Waals surface area (Å²) in [5.41, 5.74) is 8.74. The third-order valence-electron chi connectivity index (χ3n) is 3.93. The predicted molar refractivity (Wildman–Crippen MR) is 99.1 cm³/mol. The van der Waals surface area contributed by atoms with Gasteiger partial charge in [0.25, 0.3) is 0 Å². The summed E-state index contributed by atoms with van der Waals surface area (Å²) in [6, 6.07) is 12.0. The van der Waals surface area contributed by atoms with Crippen molar-refractivity contribution in [3.8, 4) is 0 Å². The first-order valence-corrected chi connectivity index (χ1v) is 8.77. The van der Waals surface area contributed by atoms with Gasteiger partial charge in [-0.15, -0.1) is 0 Å². The van der Waals surface area contributed by atoms with E-state index < -0.39 is 0 Å². The van der Waals surface area contributed by atoms with Crippen LogP contribution in [0.1, 0.15) is 30.0 Å². The standard InChI is InChI=1S/C18H20N4OS/c1-18(7-9-24-17(19)22-18)16-6-2-4-14(10-16)12-21-23-13-15-5-3-8-20-11-15/h2-6,8,10-12H,7,9,13H2,1H3,(H2,19,22)/b21-12+. The van der Waals surface area contributed by atoms with E-state index in [2.05, 4.69) is 34.2 Å². The summed E-state index contributed by atoms with van der Waals surface area (Å²) in [6.45, 7) is 2.52. The van der Waals surface area contributed by atoms with Crippen LogP contribution in [0.5, 0.6) is 0 Å². The molecule has 0 aliphatic carbocycles. The first-order chi connectivity index (χ1) is 11.7. The Bertz CT molecular complexity index is 748.